The van der Waals surface area contributed by atoms with Crippen molar-refractivity contribution in [1.82, 2.24) is 19.7 Å². The zero-order chi connectivity index (χ0) is 26.9. The van der Waals surface area contributed by atoms with Crippen LogP contribution in [-0.2, 0) is 16.6 Å². The van der Waals surface area contributed by atoms with Crippen molar-refractivity contribution >= 4 is 41.5 Å². The number of aryl methyl sites for hydroxylation is 1. The van der Waals surface area contributed by atoms with Crippen molar-refractivity contribution in [3.05, 3.63) is 36.5 Å². The molecule has 3 amide bonds. The molecule has 0 bridgehead atoms. The fourth-order valence-corrected chi connectivity index (χ4v) is 3.62. The van der Waals surface area contributed by atoms with Crippen LogP contribution < -0.4 is 15.1 Å². The number of amides is 3. The van der Waals surface area contributed by atoms with E-state index in [1.807, 2.05) is 0 Å². The number of hydrogen-bond donors (Lipinski definition) is 2. The van der Waals surface area contributed by atoms with Crippen LogP contribution in [0.3, 0.4) is 0 Å². The summed E-state index contributed by atoms with van der Waals surface area (Å²) in [5.41, 5.74) is 0.0292. The van der Waals surface area contributed by atoms with E-state index in [9.17, 15) is 32.3 Å². The molecule has 1 unspecified atom stereocenters. The third-order valence-electron chi connectivity index (χ3n) is 5.23. The first-order valence-corrected chi connectivity index (χ1v) is 10.5. The van der Waals surface area contributed by atoms with Crippen LogP contribution in [0.5, 0.6) is 0 Å². The third kappa shape index (κ3) is 5.57. The topological polar surface area (TPSA) is 164 Å². The number of carbonyl (C=O) groups is 4. The Morgan fingerprint density at radius 1 is 1.38 bits per heavy atom. The number of aldehydes is 1. The van der Waals surface area contributed by atoms with E-state index < -0.39 is 36.5 Å². The van der Waals surface area contributed by atoms with Gasteiger partial charge in [-0.25, -0.2) is 14.8 Å². The van der Waals surface area contributed by atoms with Gasteiger partial charge in [0.2, 0.25) is 11.8 Å². The molecular formula is C21H18F3N7O6. The van der Waals surface area contributed by atoms with Crippen LogP contribution in [0.25, 0.3) is 11.5 Å². The highest BCUT2D eigenvalue weighted by atomic mass is 19.4. The van der Waals surface area contributed by atoms with Crippen LogP contribution >= 0.6 is 0 Å². The number of pyridine rings is 1. The molecule has 16 heteroatoms. The van der Waals surface area contributed by atoms with E-state index >= 15 is 0 Å². The Morgan fingerprint density at radius 3 is 2.78 bits per heavy atom. The average Bonchev–Trinajstić information content (AvgIpc) is 3.55. The molecule has 13 nitrogen and oxygen atoms in total. The summed E-state index contributed by atoms with van der Waals surface area (Å²) >= 11 is 0. The lowest BCUT2D eigenvalue weighted by Crippen LogP contribution is -2.38. The first-order valence-electron chi connectivity index (χ1n) is 10.5. The molecule has 0 saturated carbocycles. The molecule has 1 aliphatic heterocycles. The number of nitrogens with zero attached hydrogens (tertiary/aromatic N) is 6. The van der Waals surface area contributed by atoms with Crippen LogP contribution in [0.2, 0.25) is 0 Å². The molecule has 4 rings (SSSR count). The summed E-state index contributed by atoms with van der Waals surface area (Å²) in [6.45, 7) is -1.67. The molecule has 2 N–H and O–H groups in total. The number of rotatable bonds is 7. The van der Waals surface area contributed by atoms with Gasteiger partial charge in [0.15, 0.2) is 11.5 Å². The van der Waals surface area contributed by atoms with Gasteiger partial charge in [0.1, 0.15) is 30.6 Å². The van der Waals surface area contributed by atoms with Crippen molar-refractivity contribution < 1.29 is 41.9 Å². The minimum Gasteiger partial charge on any atom is -0.465 e. The van der Waals surface area contributed by atoms with E-state index in [4.69, 9.17) is 9.52 Å². The summed E-state index contributed by atoms with van der Waals surface area (Å²) in [6, 6.07) is 2.33. The zero-order valence-corrected chi connectivity index (χ0v) is 19.0. The van der Waals surface area contributed by atoms with Crippen LogP contribution in [0.1, 0.15) is 16.9 Å². The zero-order valence-electron chi connectivity index (χ0n) is 19.0. The lowest BCUT2D eigenvalue weighted by Gasteiger charge is -2.19. The maximum absolute atomic E-state index is 12.8. The lowest BCUT2D eigenvalue weighted by atomic mass is 10.1. The first-order chi connectivity index (χ1) is 17.4. The largest absolute Gasteiger partial charge is 0.465 e. The number of aromatic nitrogens is 4. The first kappa shape index (κ1) is 25.3. The Bertz CT molecular complexity index is 1370. The predicted octanol–water partition coefficient (Wildman–Crippen LogP) is 2.32. The molecule has 3 aromatic heterocycles. The van der Waals surface area contributed by atoms with Gasteiger partial charge in [0.25, 0.3) is 5.91 Å². The Labute approximate surface area is 205 Å². The second-order valence-electron chi connectivity index (χ2n) is 8.02. The van der Waals surface area contributed by atoms with Crippen LogP contribution in [0.4, 0.5) is 35.3 Å². The summed E-state index contributed by atoms with van der Waals surface area (Å²) in [7, 11) is 1.57. The SMILES string of the molecule is Cn1cc(NC(=O)c2coc(-c3ccnc(N(CC(F)(F)F)C(=O)O)c3)n2)c(N2CC(C=O)CC2=O)n1. The Balaban J connectivity index is 1.54. The smallest absolute Gasteiger partial charge is 0.413 e. The van der Waals surface area contributed by atoms with Gasteiger partial charge in [-0.1, -0.05) is 0 Å². The minimum absolute atomic E-state index is 0.0127. The van der Waals surface area contributed by atoms with Crippen LogP contribution in [0, 0.1) is 5.92 Å². The Hall–Kier alpha value is -4.76. The summed E-state index contributed by atoms with van der Waals surface area (Å²) in [5.74, 6) is -2.12. The standard InChI is InChI=1S/C21H18F3N7O6/c1-29-7-13(17(28-29)30-6-11(8-32)4-16(30)33)26-18(34)14-9-37-19(27-14)12-2-3-25-15(5-12)31(20(35)36)10-21(22,23)24/h2-3,5,7-9,11H,4,6,10H2,1H3,(H,26,34)(H,35,36). The van der Waals surface area contributed by atoms with Crippen molar-refractivity contribution in [3.63, 3.8) is 0 Å². The van der Waals surface area contributed by atoms with E-state index in [1.165, 1.54) is 21.8 Å². The summed E-state index contributed by atoms with van der Waals surface area (Å²) in [4.78, 5) is 56.5. The van der Waals surface area contributed by atoms with E-state index in [0.717, 1.165) is 18.5 Å². The third-order valence-corrected chi connectivity index (χ3v) is 5.23. The van der Waals surface area contributed by atoms with Gasteiger partial charge >= 0.3 is 12.3 Å². The number of alkyl halides is 3. The monoisotopic (exact) mass is 521 g/mol. The number of nitrogens with one attached hydrogen (secondary N) is 1. The van der Waals surface area contributed by atoms with E-state index in [-0.39, 0.29) is 52.4 Å². The number of hydrogen-bond acceptors (Lipinski definition) is 8. The van der Waals surface area contributed by atoms with Gasteiger partial charge in [-0.3, -0.25) is 24.1 Å². The molecule has 0 aliphatic carbocycles. The number of anilines is 3. The molecule has 3 aromatic rings. The van der Waals surface area contributed by atoms with Gasteiger partial charge in [-0.15, -0.1) is 0 Å². The van der Waals surface area contributed by atoms with Crippen LogP contribution in [-0.4, -0.2) is 68.3 Å². The number of halogens is 3. The molecular weight excluding hydrogens is 503 g/mol. The second-order valence-corrected chi connectivity index (χ2v) is 8.02. The van der Waals surface area contributed by atoms with E-state index in [2.05, 4.69) is 20.4 Å². The highest BCUT2D eigenvalue weighted by Gasteiger charge is 2.35. The van der Waals surface area contributed by atoms with Gasteiger partial charge in [0.05, 0.1) is 6.20 Å². The maximum atomic E-state index is 12.8. The van der Waals surface area contributed by atoms with E-state index in [0.29, 0.717) is 6.29 Å². The molecule has 4 heterocycles. The van der Waals surface area contributed by atoms with Crippen LogP contribution in [0.15, 0.2) is 35.2 Å². The van der Waals surface area contributed by atoms with Gasteiger partial charge in [-0.2, -0.15) is 18.3 Å². The maximum Gasteiger partial charge on any atom is 0.413 e. The fourth-order valence-electron chi connectivity index (χ4n) is 3.62. The van der Waals surface area contributed by atoms with Crippen molar-refractivity contribution in [2.24, 2.45) is 13.0 Å². The number of carboxylic acid groups (broad SMARTS) is 1. The molecule has 0 aromatic carbocycles. The molecule has 194 valence electrons. The normalized spacial score (nSPS) is 15.6. The fraction of sp³-hybridized carbons (Fsp3) is 0.286. The van der Waals surface area contributed by atoms with Gasteiger partial charge in [-0.05, 0) is 12.1 Å². The van der Waals surface area contributed by atoms with Crippen molar-refractivity contribution in [2.75, 3.05) is 28.2 Å². The second kappa shape index (κ2) is 9.71. The molecule has 37 heavy (non-hydrogen) atoms. The number of carbonyl (C=O) groups excluding carboxylic acids is 3. The van der Waals surface area contributed by atoms with Gasteiger partial charge < -0.3 is 19.6 Å². The molecule has 1 saturated heterocycles. The predicted molar refractivity (Wildman–Crippen MR) is 119 cm³/mol. The average molecular weight is 521 g/mol. The molecule has 0 spiro atoms. The Kier molecular flexibility index (Phi) is 6.65. The van der Waals surface area contributed by atoms with Crippen molar-refractivity contribution in [3.8, 4) is 11.5 Å². The number of oxazole rings is 1. The van der Waals surface area contributed by atoms with E-state index in [1.54, 1.807) is 7.05 Å². The minimum atomic E-state index is -4.80. The Morgan fingerprint density at radius 2 is 2.14 bits per heavy atom. The lowest BCUT2D eigenvalue weighted by molar-refractivity contribution is -0.119. The summed E-state index contributed by atoms with van der Waals surface area (Å²) in [5, 5.41) is 15.9. The van der Waals surface area contributed by atoms with Crippen molar-refractivity contribution in [2.45, 2.75) is 12.6 Å². The highest BCUT2D eigenvalue weighted by molar-refractivity contribution is 6.07. The molecule has 1 atom stereocenters. The quantitative estimate of drug-likeness (QED) is 0.444. The highest BCUT2D eigenvalue weighted by Crippen LogP contribution is 2.30. The molecule has 1 fully saturated rings. The molecule has 1 aliphatic rings. The van der Waals surface area contributed by atoms with Crippen molar-refractivity contribution in [1.29, 1.82) is 0 Å². The molecule has 0 radical (unpaired) electrons. The summed E-state index contributed by atoms with van der Waals surface area (Å²) in [6.07, 6.45) is -2.44. The summed E-state index contributed by atoms with van der Waals surface area (Å²) < 4.78 is 45.0. The van der Waals surface area contributed by atoms with Gasteiger partial charge in [0, 0.05) is 37.7 Å².